The third-order valence-electron chi connectivity index (χ3n) is 3.39. The van der Waals surface area contributed by atoms with Crippen molar-refractivity contribution in [3.8, 4) is 11.3 Å². The summed E-state index contributed by atoms with van der Waals surface area (Å²) in [6.07, 6.45) is 4.84. The van der Waals surface area contributed by atoms with E-state index in [-0.39, 0.29) is 6.04 Å². The Kier molecular flexibility index (Phi) is 3.43. The van der Waals surface area contributed by atoms with Crippen LogP contribution in [0.4, 0.5) is 0 Å². The molecule has 1 aliphatic rings. The maximum Gasteiger partial charge on any atom is 0.0948 e. The summed E-state index contributed by atoms with van der Waals surface area (Å²) in [6.45, 7) is 0. The molecule has 18 heavy (non-hydrogen) atoms. The Balaban J connectivity index is 1.65. The molecule has 0 aliphatic heterocycles. The van der Waals surface area contributed by atoms with Gasteiger partial charge in [-0.05, 0) is 12.3 Å². The predicted octanol–water partition coefficient (Wildman–Crippen LogP) is 3.48. The van der Waals surface area contributed by atoms with Gasteiger partial charge in [-0.1, -0.05) is 43.2 Å². The summed E-state index contributed by atoms with van der Waals surface area (Å²) in [4.78, 5) is 4.69. The molecular weight excluding hydrogens is 240 g/mol. The molecule has 94 valence electrons. The van der Waals surface area contributed by atoms with Gasteiger partial charge >= 0.3 is 0 Å². The molecule has 0 spiro atoms. The zero-order valence-corrected chi connectivity index (χ0v) is 11.2. The van der Waals surface area contributed by atoms with E-state index in [9.17, 15) is 0 Å². The largest absolute Gasteiger partial charge is 0.327 e. The van der Waals surface area contributed by atoms with E-state index in [1.807, 2.05) is 18.2 Å². The molecule has 1 atom stereocenters. The van der Waals surface area contributed by atoms with Gasteiger partial charge in [0.25, 0.3) is 0 Å². The Bertz CT molecular complexity index is 502. The first-order valence-corrected chi connectivity index (χ1v) is 7.44. The van der Waals surface area contributed by atoms with Crippen molar-refractivity contribution < 1.29 is 0 Å². The molecule has 0 radical (unpaired) electrons. The summed E-state index contributed by atoms with van der Waals surface area (Å²) in [5.41, 5.74) is 8.43. The molecular formula is C15H18N2S. The molecule has 1 heterocycles. The normalized spacial score (nSPS) is 16.7. The van der Waals surface area contributed by atoms with Gasteiger partial charge in [-0.3, -0.25) is 0 Å². The second kappa shape index (κ2) is 5.21. The quantitative estimate of drug-likeness (QED) is 0.891. The van der Waals surface area contributed by atoms with Gasteiger partial charge in [-0.15, -0.1) is 11.3 Å². The topological polar surface area (TPSA) is 38.9 Å². The van der Waals surface area contributed by atoms with Crippen LogP contribution in [0.25, 0.3) is 11.3 Å². The van der Waals surface area contributed by atoms with Crippen LogP contribution in [0.2, 0.25) is 0 Å². The summed E-state index contributed by atoms with van der Waals surface area (Å²) in [5, 5.41) is 3.30. The zero-order chi connectivity index (χ0) is 12.4. The molecule has 0 saturated heterocycles. The average Bonchev–Trinajstić information content (AvgIpc) is 3.06. The van der Waals surface area contributed by atoms with Crippen LogP contribution in [0.15, 0.2) is 35.7 Å². The van der Waals surface area contributed by atoms with Crippen molar-refractivity contribution in [2.75, 3.05) is 0 Å². The van der Waals surface area contributed by atoms with Crippen molar-refractivity contribution in [2.24, 2.45) is 11.7 Å². The Hall–Kier alpha value is -1.19. The minimum atomic E-state index is 0.285. The standard InChI is InChI=1S/C15H18N2S/c16-13(8-11-6-7-11)9-15-17-14(10-18-15)12-4-2-1-3-5-12/h1-5,10-11,13H,6-9,16H2. The van der Waals surface area contributed by atoms with Gasteiger partial charge in [0.2, 0.25) is 0 Å². The van der Waals surface area contributed by atoms with Crippen molar-refractivity contribution in [1.82, 2.24) is 4.98 Å². The first-order chi connectivity index (χ1) is 8.81. The minimum Gasteiger partial charge on any atom is -0.327 e. The Morgan fingerprint density at radius 2 is 2.06 bits per heavy atom. The fraction of sp³-hybridized carbons (Fsp3) is 0.400. The molecule has 1 fully saturated rings. The number of nitrogens with zero attached hydrogens (tertiary/aromatic N) is 1. The van der Waals surface area contributed by atoms with Crippen molar-refractivity contribution in [3.63, 3.8) is 0 Å². The highest BCUT2D eigenvalue weighted by molar-refractivity contribution is 7.09. The number of aromatic nitrogens is 1. The molecule has 3 heteroatoms. The van der Waals surface area contributed by atoms with E-state index in [0.717, 1.165) is 18.0 Å². The second-order valence-corrected chi connectivity index (χ2v) is 6.08. The van der Waals surface area contributed by atoms with Crippen LogP contribution in [0.3, 0.4) is 0 Å². The predicted molar refractivity (Wildman–Crippen MR) is 76.6 cm³/mol. The monoisotopic (exact) mass is 258 g/mol. The zero-order valence-electron chi connectivity index (χ0n) is 10.4. The molecule has 1 unspecified atom stereocenters. The SMILES string of the molecule is NC(Cc1nc(-c2ccccc2)cs1)CC1CC1. The highest BCUT2D eigenvalue weighted by atomic mass is 32.1. The fourth-order valence-corrected chi connectivity index (χ4v) is 3.13. The Morgan fingerprint density at radius 3 is 2.78 bits per heavy atom. The number of benzene rings is 1. The average molecular weight is 258 g/mol. The maximum absolute atomic E-state index is 6.16. The van der Waals surface area contributed by atoms with Crippen molar-refractivity contribution in [2.45, 2.75) is 31.7 Å². The van der Waals surface area contributed by atoms with Crippen LogP contribution in [-0.2, 0) is 6.42 Å². The molecule has 1 saturated carbocycles. The van der Waals surface area contributed by atoms with Crippen molar-refractivity contribution in [3.05, 3.63) is 40.7 Å². The van der Waals surface area contributed by atoms with E-state index in [2.05, 4.69) is 22.5 Å². The smallest absolute Gasteiger partial charge is 0.0948 e. The lowest BCUT2D eigenvalue weighted by Gasteiger charge is -2.07. The fourth-order valence-electron chi connectivity index (χ4n) is 2.24. The third-order valence-corrected chi connectivity index (χ3v) is 4.26. The molecule has 1 aliphatic carbocycles. The van der Waals surface area contributed by atoms with Crippen LogP contribution >= 0.6 is 11.3 Å². The Morgan fingerprint density at radius 1 is 1.28 bits per heavy atom. The lowest BCUT2D eigenvalue weighted by Crippen LogP contribution is -2.23. The third kappa shape index (κ3) is 2.98. The van der Waals surface area contributed by atoms with Gasteiger partial charge in [0.1, 0.15) is 0 Å². The van der Waals surface area contributed by atoms with E-state index in [1.54, 1.807) is 11.3 Å². The lowest BCUT2D eigenvalue weighted by atomic mass is 10.1. The first kappa shape index (κ1) is 11.9. The molecule has 3 rings (SSSR count). The summed E-state index contributed by atoms with van der Waals surface area (Å²) in [5.74, 6) is 0.897. The summed E-state index contributed by atoms with van der Waals surface area (Å²) < 4.78 is 0. The lowest BCUT2D eigenvalue weighted by molar-refractivity contribution is 0.565. The van der Waals surface area contributed by atoms with Crippen LogP contribution in [0.5, 0.6) is 0 Å². The molecule has 1 aromatic carbocycles. The van der Waals surface area contributed by atoms with E-state index in [0.29, 0.717) is 0 Å². The molecule has 2 nitrogen and oxygen atoms in total. The summed E-state index contributed by atoms with van der Waals surface area (Å²) >= 11 is 1.73. The number of hydrogen-bond acceptors (Lipinski definition) is 3. The molecule has 0 bridgehead atoms. The van der Waals surface area contributed by atoms with Gasteiger partial charge in [0.05, 0.1) is 10.7 Å². The highest BCUT2D eigenvalue weighted by Gasteiger charge is 2.24. The van der Waals surface area contributed by atoms with E-state index in [1.165, 1.54) is 29.8 Å². The van der Waals surface area contributed by atoms with Crippen LogP contribution < -0.4 is 5.73 Å². The number of nitrogens with two attached hydrogens (primary N) is 1. The maximum atomic E-state index is 6.16. The van der Waals surface area contributed by atoms with E-state index in [4.69, 9.17) is 5.73 Å². The number of hydrogen-bond donors (Lipinski definition) is 1. The molecule has 0 amide bonds. The van der Waals surface area contributed by atoms with Gasteiger partial charge < -0.3 is 5.73 Å². The van der Waals surface area contributed by atoms with Gasteiger partial charge in [-0.2, -0.15) is 0 Å². The molecule has 2 N–H and O–H groups in total. The summed E-state index contributed by atoms with van der Waals surface area (Å²) in [7, 11) is 0. The van der Waals surface area contributed by atoms with Crippen LogP contribution in [0, 0.1) is 5.92 Å². The Labute approximate surface area is 112 Å². The summed E-state index contributed by atoms with van der Waals surface area (Å²) in [6, 6.07) is 10.6. The number of thiazole rings is 1. The van der Waals surface area contributed by atoms with Gasteiger partial charge in [0.15, 0.2) is 0 Å². The van der Waals surface area contributed by atoms with Gasteiger partial charge in [0, 0.05) is 23.4 Å². The first-order valence-electron chi connectivity index (χ1n) is 6.56. The van der Waals surface area contributed by atoms with Crippen molar-refractivity contribution in [1.29, 1.82) is 0 Å². The van der Waals surface area contributed by atoms with Crippen LogP contribution in [-0.4, -0.2) is 11.0 Å². The van der Waals surface area contributed by atoms with Gasteiger partial charge in [-0.25, -0.2) is 4.98 Å². The molecule has 2 aromatic rings. The second-order valence-electron chi connectivity index (χ2n) is 5.14. The number of rotatable bonds is 5. The van der Waals surface area contributed by atoms with Crippen molar-refractivity contribution >= 4 is 11.3 Å². The minimum absolute atomic E-state index is 0.285. The molecule has 1 aromatic heterocycles. The highest BCUT2D eigenvalue weighted by Crippen LogP contribution is 2.34. The van der Waals surface area contributed by atoms with E-state index < -0.39 is 0 Å². The van der Waals surface area contributed by atoms with Crippen LogP contribution in [0.1, 0.15) is 24.3 Å². The van der Waals surface area contributed by atoms with E-state index >= 15 is 0 Å².